The number of hydrogen-bond acceptors (Lipinski definition) is 1. The van der Waals surface area contributed by atoms with Gasteiger partial charge in [0.15, 0.2) is 12.4 Å². The van der Waals surface area contributed by atoms with Crippen molar-refractivity contribution in [3.05, 3.63) is 66.0 Å². The Morgan fingerprint density at radius 3 is 2.29 bits per heavy atom. The summed E-state index contributed by atoms with van der Waals surface area (Å²) in [6.07, 6.45) is 8.90. The molecule has 2 rings (SSSR count). The summed E-state index contributed by atoms with van der Waals surface area (Å²) < 4.78 is 1.94. The molecule has 21 heavy (non-hydrogen) atoms. The van der Waals surface area contributed by atoms with Crippen molar-refractivity contribution < 1.29 is 33.3 Å². The zero-order valence-electron chi connectivity index (χ0n) is 12.5. The number of carbonyl (C=O) groups excluding carboxylic acids is 1. The summed E-state index contributed by atoms with van der Waals surface area (Å²) in [4.78, 5) is 12.1. The zero-order chi connectivity index (χ0) is 14.2. The molecule has 0 radical (unpaired) electrons. The predicted octanol–water partition coefficient (Wildman–Crippen LogP) is 0.594. The van der Waals surface area contributed by atoms with Gasteiger partial charge in [-0.2, -0.15) is 4.57 Å². The highest BCUT2D eigenvalue weighted by Gasteiger charge is 2.11. The van der Waals surface area contributed by atoms with E-state index in [4.69, 9.17) is 0 Å². The number of halogens is 1. The van der Waals surface area contributed by atoms with Gasteiger partial charge in [-0.3, -0.25) is 4.79 Å². The SMILES string of the molecule is CCCCCc1cc[n+](CC(=O)c2ccccc2)cc1.[I-]. The summed E-state index contributed by atoms with van der Waals surface area (Å²) in [5.41, 5.74) is 2.12. The summed E-state index contributed by atoms with van der Waals surface area (Å²) in [7, 11) is 0. The lowest BCUT2D eigenvalue weighted by molar-refractivity contribution is -0.683. The van der Waals surface area contributed by atoms with Crippen molar-refractivity contribution in [2.45, 2.75) is 39.2 Å². The third-order valence-electron chi connectivity index (χ3n) is 3.45. The first-order valence-electron chi connectivity index (χ1n) is 7.36. The number of Topliss-reactive ketones (excluding diaryl/α,β-unsaturated/α-hetero) is 1. The van der Waals surface area contributed by atoms with Gasteiger partial charge in [-0.25, -0.2) is 0 Å². The highest BCUT2D eigenvalue weighted by molar-refractivity contribution is 5.94. The molecule has 0 unspecified atom stereocenters. The number of aromatic nitrogens is 1. The molecule has 0 amide bonds. The highest BCUT2D eigenvalue weighted by atomic mass is 127. The molecule has 1 heterocycles. The number of benzene rings is 1. The molecule has 0 saturated carbocycles. The molecule has 1 aromatic carbocycles. The van der Waals surface area contributed by atoms with E-state index in [1.54, 1.807) is 0 Å². The van der Waals surface area contributed by atoms with Crippen LogP contribution >= 0.6 is 0 Å². The number of unbranched alkanes of at least 4 members (excludes halogenated alkanes) is 2. The smallest absolute Gasteiger partial charge is 0.227 e. The van der Waals surface area contributed by atoms with E-state index in [1.807, 2.05) is 47.3 Å². The average Bonchev–Trinajstić information content (AvgIpc) is 2.50. The van der Waals surface area contributed by atoms with Gasteiger partial charge in [-0.15, -0.1) is 0 Å². The van der Waals surface area contributed by atoms with Crippen LogP contribution < -0.4 is 28.5 Å². The van der Waals surface area contributed by atoms with Gasteiger partial charge in [0.2, 0.25) is 12.3 Å². The monoisotopic (exact) mass is 395 g/mol. The van der Waals surface area contributed by atoms with Gasteiger partial charge < -0.3 is 24.0 Å². The number of pyridine rings is 1. The maximum Gasteiger partial charge on any atom is 0.227 e. The average molecular weight is 395 g/mol. The van der Waals surface area contributed by atoms with Gasteiger partial charge in [0.25, 0.3) is 0 Å². The molecule has 3 heteroatoms. The fourth-order valence-electron chi connectivity index (χ4n) is 2.22. The van der Waals surface area contributed by atoms with Crippen molar-refractivity contribution in [2.24, 2.45) is 0 Å². The van der Waals surface area contributed by atoms with E-state index in [9.17, 15) is 4.79 Å². The van der Waals surface area contributed by atoms with Crippen LogP contribution in [-0.2, 0) is 13.0 Å². The molecular weight excluding hydrogens is 373 g/mol. The second kappa shape index (κ2) is 9.66. The quantitative estimate of drug-likeness (QED) is 0.291. The minimum atomic E-state index is 0. The topological polar surface area (TPSA) is 20.9 Å². The van der Waals surface area contributed by atoms with Crippen LogP contribution in [0.25, 0.3) is 0 Å². The first-order chi connectivity index (χ1) is 9.79. The maximum atomic E-state index is 12.1. The van der Waals surface area contributed by atoms with Gasteiger partial charge in [0.1, 0.15) is 0 Å². The summed E-state index contributed by atoms with van der Waals surface area (Å²) >= 11 is 0. The van der Waals surface area contributed by atoms with Crippen LogP contribution in [0.2, 0.25) is 0 Å². The molecule has 0 N–H and O–H groups in total. The fourth-order valence-corrected chi connectivity index (χ4v) is 2.22. The van der Waals surface area contributed by atoms with E-state index < -0.39 is 0 Å². The second-order valence-corrected chi connectivity index (χ2v) is 5.13. The Bertz CT molecular complexity index is 537. The van der Waals surface area contributed by atoms with E-state index >= 15 is 0 Å². The van der Waals surface area contributed by atoms with E-state index in [1.165, 1.54) is 24.8 Å². The van der Waals surface area contributed by atoms with Crippen LogP contribution in [0.5, 0.6) is 0 Å². The second-order valence-electron chi connectivity index (χ2n) is 5.13. The van der Waals surface area contributed by atoms with Gasteiger partial charge in [-0.05, 0) is 18.4 Å². The standard InChI is InChI=1S/C18H22NO.HI/c1-2-3-5-8-16-11-13-19(14-12-16)15-18(20)17-9-6-4-7-10-17;/h4,6-7,9-14H,2-3,5,8,15H2,1H3;1H/q+1;/p-1. The zero-order valence-corrected chi connectivity index (χ0v) is 14.6. The molecule has 2 nitrogen and oxygen atoms in total. The van der Waals surface area contributed by atoms with Crippen molar-refractivity contribution in [3.8, 4) is 0 Å². The third-order valence-corrected chi connectivity index (χ3v) is 3.45. The molecule has 0 fully saturated rings. The Morgan fingerprint density at radius 2 is 1.67 bits per heavy atom. The van der Waals surface area contributed by atoms with Crippen LogP contribution in [0.15, 0.2) is 54.9 Å². The Hall–Kier alpha value is -1.23. The molecule has 0 spiro atoms. The molecule has 2 aromatic rings. The van der Waals surface area contributed by atoms with Crippen LogP contribution in [0.3, 0.4) is 0 Å². The normalized spacial score (nSPS) is 9.95. The van der Waals surface area contributed by atoms with Gasteiger partial charge in [-0.1, -0.05) is 50.1 Å². The fraction of sp³-hybridized carbons (Fsp3) is 0.333. The Kier molecular flexibility index (Phi) is 8.20. The van der Waals surface area contributed by atoms with E-state index in [-0.39, 0.29) is 29.8 Å². The number of nitrogens with zero attached hydrogens (tertiary/aromatic N) is 1. The van der Waals surface area contributed by atoms with Crippen LogP contribution in [-0.4, -0.2) is 5.78 Å². The molecule has 0 atom stereocenters. The van der Waals surface area contributed by atoms with Crippen LogP contribution in [0.1, 0.15) is 42.1 Å². The van der Waals surface area contributed by atoms with Gasteiger partial charge >= 0.3 is 0 Å². The lowest BCUT2D eigenvalue weighted by Gasteiger charge is -2.01. The molecular formula is C18H22INO. The van der Waals surface area contributed by atoms with Crippen molar-refractivity contribution in [1.82, 2.24) is 0 Å². The lowest BCUT2D eigenvalue weighted by Crippen LogP contribution is -3.00. The minimum Gasteiger partial charge on any atom is -1.00 e. The first-order valence-corrected chi connectivity index (χ1v) is 7.36. The van der Waals surface area contributed by atoms with Crippen molar-refractivity contribution in [1.29, 1.82) is 0 Å². The molecule has 112 valence electrons. The molecule has 0 aliphatic carbocycles. The Morgan fingerprint density at radius 1 is 1.00 bits per heavy atom. The van der Waals surface area contributed by atoms with Crippen molar-refractivity contribution >= 4 is 5.78 Å². The van der Waals surface area contributed by atoms with Gasteiger partial charge in [0.05, 0.1) is 0 Å². The molecule has 0 saturated heterocycles. The number of carbonyl (C=O) groups is 1. The summed E-state index contributed by atoms with van der Waals surface area (Å²) in [5, 5.41) is 0. The van der Waals surface area contributed by atoms with Crippen LogP contribution in [0, 0.1) is 0 Å². The molecule has 1 aromatic heterocycles. The number of rotatable bonds is 7. The largest absolute Gasteiger partial charge is 1.00 e. The Labute approximate surface area is 144 Å². The third kappa shape index (κ3) is 5.96. The Balaban J connectivity index is 0.00000220. The summed E-state index contributed by atoms with van der Waals surface area (Å²) in [6.45, 7) is 2.62. The van der Waals surface area contributed by atoms with E-state index in [2.05, 4.69) is 19.1 Å². The summed E-state index contributed by atoms with van der Waals surface area (Å²) in [5.74, 6) is 0.148. The van der Waals surface area contributed by atoms with Crippen molar-refractivity contribution in [2.75, 3.05) is 0 Å². The number of ketones is 1. The van der Waals surface area contributed by atoms with E-state index in [0.717, 1.165) is 12.0 Å². The predicted molar refractivity (Wildman–Crippen MR) is 80.6 cm³/mol. The van der Waals surface area contributed by atoms with Crippen molar-refractivity contribution in [3.63, 3.8) is 0 Å². The number of hydrogen-bond donors (Lipinski definition) is 0. The number of aryl methyl sites for hydroxylation is 1. The van der Waals surface area contributed by atoms with Gasteiger partial charge in [0, 0.05) is 17.7 Å². The van der Waals surface area contributed by atoms with Crippen LogP contribution in [0.4, 0.5) is 0 Å². The minimum absolute atomic E-state index is 0. The maximum absolute atomic E-state index is 12.1. The highest BCUT2D eigenvalue weighted by Crippen LogP contribution is 2.05. The molecule has 0 aliphatic rings. The molecule has 0 bridgehead atoms. The first kappa shape index (κ1) is 17.8. The molecule has 0 aliphatic heterocycles. The summed E-state index contributed by atoms with van der Waals surface area (Å²) in [6, 6.07) is 13.7. The van der Waals surface area contributed by atoms with E-state index in [0.29, 0.717) is 6.54 Å². The lowest BCUT2D eigenvalue weighted by atomic mass is 10.1.